The van der Waals surface area contributed by atoms with Gasteiger partial charge in [0, 0.05) is 6.20 Å². The van der Waals surface area contributed by atoms with Gasteiger partial charge >= 0.3 is 13.5 Å². The minimum absolute atomic E-state index is 0.0197. The summed E-state index contributed by atoms with van der Waals surface area (Å²) in [5.41, 5.74) is 4.70. The predicted molar refractivity (Wildman–Crippen MR) is 94.9 cm³/mol. The minimum atomic E-state index is -3.83. The zero-order valence-corrected chi connectivity index (χ0v) is 16.2. The molecule has 1 aromatic heterocycles. The topological polar surface area (TPSA) is 155 Å². The standard InChI is InChI=1S/C15H26N3O8P/c1-3-7-23-27(22,24-8-4-2)25-9-10-12(19)13(20)14(26-10)18-6-5-11(16)17-15(18)21/h5-6,10,12-14,19-20H,3-4,7-9H2,1-2H3,(H2,16,17,21)/t10-,12+,13+,14-/m1/s1. The molecule has 2 heterocycles. The van der Waals surface area contributed by atoms with E-state index in [1.807, 2.05) is 13.8 Å². The summed E-state index contributed by atoms with van der Waals surface area (Å²) in [5.74, 6) is 0.0197. The summed E-state index contributed by atoms with van der Waals surface area (Å²) >= 11 is 0. The number of ether oxygens (including phenoxy) is 1. The van der Waals surface area contributed by atoms with Crippen molar-refractivity contribution in [2.24, 2.45) is 0 Å². The Bertz CT molecular complexity index is 703. The molecule has 0 aromatic carbocycles. The van der Waals surface area contributed by atoms with Gasteiger partial charge in [0.1, 0.15) is 24.1 Å². The van der Waals surface area contributed by atoms with Crippen LogP contribution in [0.3, 0.4) is 0 Å². The largest absolute Gasteiger partial charge is 0.474 e. The smallest absolute Gasteiger partial charge is 0.387 e. The average Bonchev–Trinajstić information content (AvgIpc) is 2.92. The Balaban J connectivity index is 2.06. The van der Waals surface area contributed by atoms with Gasteiger partial charge in [0.25, 0.3) is 0 Å². The quantitative estimate of drug-likeness (QED) is 0.465. The molecule has 1 saturated heterocycles. The highest BCUT2D eigenvalue weighted by Gasteiger charge is 2.45. The normalized spacial score (nSPS) is 25.8. The number of phosphoric acid groups is 1. The Morgan fingerprint density at radius 1 is 1.22 bits per heavy atom. The second kappa shape index (κ2) is 9.74. The molecule has 0 aliphatic carbocycles. The molecule has 4 atom stereocenters. The lowest BCUT2D eigenvalue weighted by Gasteiger charge is -2.20. The van der Waals surface area contributed by atoms with Gasteiger partial charge in [-0.05, 0) is 18.9 Å². The Hall–Kier alpha value is -1.33. The van der Waals surface area contributed by atoms with E-state index in [9.17, 15) is 19.6 Å². The molecule has 0 unspecified atom stereocenters. The highest BCUT2D eigenvalue weighted by Crippen LogP contribution is 2.50. The molecule has 1 fully saturated rings. The highest BCUT2D eigenvalue weighted by atomic mass is 31.2. The molecule has 0 saturated carbocycles. The zero-order valence-electron chi connectivity index (χ0n) is 15.3. The van der Waals surface area contributed by atoms with Gasteiger partial charge in [0.15, 0.2) is 6.23 Å². The van der Waals surface area contributed by atoms with Crippen molar-refractivity contribution in [3.8, 4) is 0 Å². The molecule has 0 bridgehead atoms. The number of nitrogens with two attached hydrogens (primary N) is 1. The number of aliphatic hydroxyl groups is 2. The van der Waals surface area contributed by atoms with Crippen LogP contribution in [0.15, 0.2) is 17.1 Å². The van der Waals surface area contributed by atoms with Crippen molar-refractivity contribution in [2.45, 2.75) is 51.2 Å². The van der Waals surface area contributed by atoms with Crippen LogP contribution in [-0.4, -0.2) is 57.9 Å². The van der Waals surface area contributed by atoms with Gasteiger partial charge in [-0.25, -0.2) is 9.36 Å². The summed E-state index contributed by atoms with van der Waals surface area (Å²) < 4.78 is 34.7. The molecule has 2 rings (SSSR count). The zero-order chi connectivity index (χ0) is 20.0. The molecule has 12 heteroatoms. The van der Waals surface area contributed by atoms with E-state index < -0.39 is 38.1 Å². The number of hydrogen-bond acceptors (Lipinski definition) is 10. The van der Waals surface area contributed by atoms with E-state index in [2.05, 4.69) is 4.98 Å². The number of aliphatic hydroxyl groups excluding tert-OH is 2. The van der Waals surface area contributed by atoms with Crippen molar-refractivity contribution in [3.05, 3.63) is 22.7 Å². The molecule has 1 aromatic rings. The third-order valence-corrected chi connectivity index (χ3v) is 5.23. The number of rotatable bonds is 10. The first kappa shape index (κ1) is 22.0. The molecule has 4 N–H and O–H groups in total. The molecule has 1 aliphatic heterocycles. The molecule has 0 amide bonds. The van der Waals surface area contributed by atoms with Crippen LogP contribution in [-0.2, 0) is 22.9 Å². The third-order valence-electron chi connectivity index (χ3n) is 3.77. The molecule has 11 nitrogen and oxygen atoms in total. The van der Waals surface area contributed by atoms with Crippen molar-refractivity contribution in [3.63, 3.8) is 0 Å². The lowest BCUT2D eigenvalue weighted by Crippen LogP contribution is -2.36. The Kier molecular flexibility index (Phi) is 7.92. The maximum Gasteiger partial charge on any atom is 0.474 e. The van der Waals surface area contributed by atoms with Gasteiger partial charge in [0.05, 0.1) is 19.8 Å². The van der Waals surface area contributed by atoms with E-state index in [0.717, 1.165) is 4.57 Å². The van der Waals surface area contributed by atoms with Gasteiger partial charge in [0.2, 0.25) is 0 Å². The monoisotopic (exact) mass is 407 g/mol. The summed E-state index contributed by atoms with van der Waals surface area (Å²) in [6.07, 6.45) is -2.54. The van der Waals surface area contributed by atoms with Crippen molar-refractivity contribution < 1.29 is 33.1 Å². The third kappa shape index (κ3) is 5.58. The first-order valence-corrected chi connectivity index (χ1v) is 10.2. The first-order chi connectivity index (χ1) is 12.8. The van der Waals surface area contributed by atoms with Crippen molar-refractivity contribution >= 4 is 13.6 Å². The number of phosphoric ester groups is 1. The van der Waals surface area contributed by atoms with Crippen LogP contribution in [0.25, 0.3) is 0 Å². The Morgan fingerprint density at radius 3 is 2.41 bits per heavy atom. The van der Waals surface area contributed by atoms with Crippen LogP contribution in [0.5, 0.6) is 0 Å². The minimum Gasteiger partial charge on any atom is -0.387 e. The first-order valence-electron chi connectivity index (χ1n) is 8.71. The second-order valence-corrected chi connectivity index (χ2v) is 7.67. The Labute approximate surface area is 156 Å². The summed E-state index contributed by atoms with van der Waals surface area (Å²) in [6, 6.07) is 1.36. The molecule has 0 spiro atoms. The molecule has 0 radical (unpaired) electrons. The molecular weight excluding hydrogens is 381 g/mol. The second-order valence-electron chi connectivity index (χ2n) is 6.00. The number of nitrogen functional groups attached to an aromatic ring is 1. The van der Waals surface area contributed by atoms with Gasteiger partial charge in [-0.1, -0.05) is 13.8 Å². The highest BCUT2D eigenvalue weighted by molar-refractivity contribution is 7.48. The van der Waals surface area contributed by atoms with Crippen LogP contribution in [0.2, 0.25) is 0 Å². The van der Waals surface area contributed by atoms with Crippen LogP contribution in [0.4, 0.5) is 5.82 Å². The van der Waals surface area contributed by atoms with Gasteiger partial charge < -0.3 is 20.7 Å². The maximum absolute atomic E-state index is 12.6. The van der Waals surface area contributed by atoms with Gasteiger partial charge in [-0.15, -0.1) is 0 Å². The predicted octanol–water partition coefficient (Wildman–Crippen LogP) is 0.423. The van der Waals surface area contributed by atoms with E-state index in [1.165, 1.54) is 12.3 Å². The Morgan fingerprint density at radius 2 is 1.85 bits per heavy atom. The SMILES string of the molecule is CCCOP(=O)(OCCC)OC[C@H]1O[C@@H](n2ccc(N)nc2=O)[C@@H](O)[C@H]1O. The summed E-state index contributed by atoms with van der Waals surface area (Å²) in [6.45, 7) is 3.66. The average molecular weight is 407 g/mol. The molecule has 154 valence electrons. The lowest BCUT2D eigenvalue weighted by molar-refractivity contribution is -0.0562. The van der Waals surface area contributed by atoms with Crippen LogP contribution >= 0.6 is 7.82 Å². The fraction of sp³-hybridized carbons (Fsp3) is 0.733. The van der Waals surface area contributed by atoms with E-state index >= 15 is 0 Å². The number of nitrogens with zero attached hydrogens (tertiary/aromatic N) is 2. The maximum atomic E-state index is 12.6. The van der Waals surface area contributed by atoms with Crippen LogP contribution in [0, 0.1) is 0 Å². The van der Waals surface area contributed by atoms with Gasteiger partial charge in [-0.3, -0.25) is 18.1 Å². The van der Waals surface area contributed by atoms with E-state index in [4.69, 9.17) is 24.0 Å². The summed E-state index contributed by atoms with van der Waals surface area (Å²) in [5, 5.41) is 20.4. The van der Waals surface area contributed by atoms with Crippen molar-refractivity contribution in [1.29, 1.82) is 0 Å². The molecule has 27 heavy (non-hydrogen) atoms. The van der Waals surface area contributed by atoms with Crippen molar-refractivity contribution in [1.82, 2.24) is 9.55 Å². The fourth-order valence-corrected chi connectivity index (χ4v) is 3.76. The summed E-state index contributed by atoms with van der Waals surface area (Å²) in [4.78, 5) is 15.5. The van der Waals surface area contributed by atoms with Crippen LogP contribution < -0.4 is 11.4 Å². The fourth-order valence-electron chi connectivity index (χ4n) is 2.40. The van der Waals surface area contributed by atoms with Crippen molar-refractivity contribution in [2.75, 3.05) is 25.6 Å². The molecular formula is C15H26N3O8P. The van der Waals surface area contributed by atoms with E-state index in [0.29, 0.717) is 12.8 Å². The van der Waals surface area contributed by atoms with Gasteiger partial charge in [-0.2, -0.15) is 4.98 Å². The number of aromatic nitrogens is 2. The lowest BCUT2D eigenvalue weighted by atomic mass is 10.1. The van der Waals surface area contributed by atoms with E-state index in [1.54, 1.807) is 0 Å². The van der Waals surface area contributed by atoms with Crippen LogP contribution in [0.1, 0.15) is 32.9 Å². The number of anilines is 1. The molecule has 1 aliphatic rings. The number of hydrogen-bond donors (Lipinski definition) is 3. The summed E-state index contributed by atoms with van der Waals surface area (Å²) in [7, 11) is -3.83. The van der Waals surface area contributed by atoms with E-state index in [-0.39, 0.29) is 25.6 Å².